The predicted octanol–water partition coefficient (Wildman–Crippen LogP) is 3.45. The second-order valence-electron chi connectivity index (χ2n) is 7.10. The van der Waals surface area contributed by atoms with E-state index in [1.807, 2.05) is 54.3 Å². The van der Waals surface area contributed by atoms with Gasteiger partial charge in [0.2, 0.25) is 0 Å². The topological polar surface area (TPSA) is 51.7 Å². The van der Waals surface area contributed by atoms with Crippen LogP contribution in [-0.4, -0.2) is 40.1 Å². The lowest BCUT2D eigenvalue weighted by Crippen LogP contribution is -2.52. The molecular formula is C21H24N2O3. The number of carbonyl (C=O) groups is 1. The second-order valence-corrected chi connectivity index (χ2v) is 7.10. The lowest BCUT2D eigenvalue weighted by molar-refractivity contribution is -0.144. The summed E-state index contributed by atoms with van der Waals surface area (Å²) < 4.78 is 11.9. The molecule has 0 N–H and O–H groups in total. The van der Waals surface area contributed by atoms with Crippen molar-refractivity contribution in [2.45, 2.75) is 56.9 Å². The zero-order valence-electron chi connectivity index (χ0n) is 15.0. The molecule has 2 aromatic rings. The Hall–Kier alpha value is -2.56. The third-order valence-corrected chi connectivity index (χ3v) is 5.29. The molecular weight excluding hydrogens is 328 g/mol. The van der Waals surface area contributed by atoms with Crippen LogP contribution < -0.4 is 9.47 Å². The van der Waals surface area contributed by atoms with E-state index in [1.54, 1.807) is 12.4 Å². The number of amides is 1. The lowest BCUT2D eigenvalue weighted by atomic mass is 9.99. The third kappa shape index (κ3) is 3.52. The number of nitrogens with zero attached hydrogens (tertiary/aromatic N) is 2. The molecule has 2 aliphatic heterocycles. The molecule has 2 aliphatic rings. The quantitative estimate of drug-likeness (QED) is 0.827. The van der Waals surface area contributed by atoms with E-state index in [0.29, 0.717) is 5.75 Å². The standard InChI is InChI=1S/C21H24N2O3/c1-15(25-19-8-5-11-22-14-19)21(24)23-16-9-10-17(23)13-20(12-16)26-18-6-3-2-4-7-18/h2-8,11,14-17,20H,9-10,12-13H2,1H3. The van der Waals surface area contributed by atoms with Crippen LogP contribution in [0.5, 0.6) is 11.5 Å². The minimum absolute atomic E-state index is 0.0690. The van der Waals surface area contributed by atoms with Crippen molar-refractivity contribution in [3.05, 3.63) is 54.9 Å². The molecule has 1 aromatic carbocycles. The maximum Gasteiger partial charge on any atom is 0.263 e. The summed E-state index contributed by atoms with van der Waals surface area (Å²) in [4.78, 5) is 19.1. The minimum atomic E-state index is -0.506. The number of fused-ring (bicyclic) bond motifs is 2. The van der Waals surface area contributed by atoms with Crippen molar-refractivity contribution in [2.75, 3.05) is 0 Å². The maximum absolute atomic E-state index is 13.0. The van der Waals surface area contributed by atoms with Crippen LogP contribution in [0.3, 0.4) is 0 Å². The molecule has 2 fully saturated rings. The average Bonchev–Trinajstić information content (AvgIpc) is 2.93. The first-order chi connectivity index (χ1) is 12.7. The predicted molar refractivity (Wildman–Crippen MR) is 98.1 cm³/mol. The summed E-state index contributed by atoms with van der Waals surface area (Å²) in [6.45, 7) is 1.82. The van der Waals surface area contributed by atoms with Gasteiger partial charge in [-0.05, 0) is 44.0 Å². The highest BCUT2D eigenvalue weighted by atomic mass is 16.5. The Kier molecular flexibility index (Phi) is 4.78. The van der Waals surface area contributed by atoms with E-state index in [4.69, 9.17) is 9.47 Å². The Labute approximate surface area is 153 Å². The molecule has 0 radical (unpaired) electrons. The smallest absolute Gasteiger partial charge is 0.263 e. The Bertz CT molecular complexity index is 723. The van der Waals surface area contributed by atoms with Crippen LogP contribution in [0.25, 0.3) is 0 Å². The molecule has 4 rings (SSSR count). The highest BCUT2D eigenvalue weighted by molar-refractivity contribution is 5.82. The van der Waals surface area contributed by atoms with E-state index in [2.05, 4.69) is 4.98 Å². The van der Waals surface area contributed by atoms with Crippen molar-refractivity contribution in [2.24, 2.45) is 0 Å². The molecule has 26 heavy (non-hydrogen) atoms. The molecule has 1 aromatic heterocycles. The van der Waals surface area contributed by atoms with Gasteiger partial charge >= 0.3 is 0 Å². The lowest BCUT2D eigenvalue weighted by Gasteiger charge is -2.40. The van der Waals surface area contributed by atoms with Crippen molar-refractivity contribution in [1.29, 1.82) is 0 Å². The van der Waals surface area contributed by atoms with Crippen LogP contribution in [0.4, 0.5) is 0 Å². The van der Waals surface area contributed by atoms with Crippen LogP contribution in [0, 0.1) is 0 Å². The number of pyridine rings is 1. The molecule has 3 heterocycles. The SMILES string of the molecule is CC(Oc1cccnc1)C(=O)N1C2CCC1CC(Oc1ccccc1)C2. The van der Waals surface area contributed by atoms with Gasteiger partial charge in [-0.2, -0.15) is 0 Å². The summed E-state index contributed by atoms with van der Waals surface area (Å²) in [6.07, 6.45) is 6.86. The zero-order chi connectivity index (χ0) is 17.9. The number of hydrogen-bond donors (Lipinski definition) is 0. The number of carbonyl (C=O) groups excluding carboxylic acids is 1. The Morgan fingerprint density at radius 2 is 1.77 bits per heavy atom. The molecule has 2 saturated heterocycles. The van der Waals surface area contributed by atoms with Crippen LogP contribution >= 0.6 is 0 Å². The van der Waals surface area contributed by atoms with E-state index in [1.165, 1.54) is 0 Å². The summed E-state index contributed by atoms with van der Waals surface area (Å²) >= 11 is 0. The number of aromatic nitrogens is 1. The van der Waals surface area contributed by atoms with Crippen molar-refractivity contribution in [3.63, 3.8) is 0 Å². The molecule has 3 atom stereocenters. The maximum atomic E-state index is 13.0. The van der Waals surface area contributed by atoms with Gasteiger partial charge in [0.25, 0.3) is 5.91 Å². The van der Waals surface area contributed by atoms with Gasteiger partial charge in [0.1, 0.15) is 17.6 Å². The van der Waals surface area contributed by atoms with Gasteiger partial charge in [0, 0.05) is 31.1 Å². The summed E-state index contributed by atoms with van der Waals surface area (Å²) in [6, 6.07) is 14.1. The first-order valence-corrected chi connectivity index (χ1v) is 9.31. The van der Waals surface area contributed by atoms with E-state index >= 15 is 0 Å². The first-order valence-electron chi connectivity index (χ1n) is 9.31. The van der Waals surface area contributed by atoms with Gasteiger partial charge in [0.05, 0.1) is 6.20 Å². The summed E-state index contributed by atoms with van der Waals surface area (Å²) in [5.74, 6) is 1.60. The van der Waals surface area contributed by atoms with Gasteiger partial charge in [-0.3, -0.25) is 9.78 Å². The third-order valence-electron chi connectivity index (χ3n) is 5.29. The number of para-hydroxylation sites is 1. The number of hydrogen-bond acceptors (Lipinski definition) is 4. The van der Waals surface area contributed by atoms with Gasteiger partial charge in [-0.25, -0.2) is 0 Å². The molecule has 0 saturated carbocycles. The molecule has 5 nitrogen and oxygen atoms in total. The van der Waals surface area contributed by atoms with Gasteiger partial charge < -0.3 is 14.4 Å². The number of rotatable bonds is 5. The summed E-state index contributed by atoms with van der Waals surface area (Å²) in [5, 5.41) is 0. The first kappa shape index (κ1) is 16.9. The van der Waals surface area contributed by atoms with E-state index in [9.17, 15) is 4.79 Å². The highest BCUT2D eigenvalue weighted by Gasteiger charge is 2.45. The molecule has 136 valence electrons. The van der Waals surface area contributed by atoms with E-state index in [-0.39, 0.29) is 24.1 Å². The average molecular weight is 352 g/mol. The molecule has 3 unspecified atom stereocenters. The molecule has 2 bridgehead atoms. The number of ether oxygens (including phenoxy) is 2. The fraction of sp³-hybridized carbons (Fsp3) is 0.429. The van der Waals surface area contributed by atoms with Crippen molar-refractivity contribution in [1.82, 2.24) is 9.88 Å². The Morgan fingerprint density at radius 3 is 2.42 bits per heavy atom. The Morgan fingerprint density at radius 1 is 1.08 bits per heavy atom. The Balaban J connectivity index is 1.39. The van der Waals surface area contributed by atoms with Crippen LogP contribution in [0.2, 0.25) is 0 Å². The van der Waals surface area contributed by atoms with Gasteiger partial charge in [0.15, 0.2) is 6.10 Å². The largest absolute Gasteiger partial charge is 0.490 e. The number of benzene rings is 1. The summed E-state index contributed by atoms with van der Waals surface area (Å²) in [5.41, 5.74) is 0. The van der Waals surface area contributed by atoms with Crippen molar-refractivity contribution < 1.29 is 14.3 Å². The fourth-order valence-corrected chi connectivity index (χ4v) is 4.16. The molecule has 5 heteroatoms. The number of piperidine rings is 1. The van der Waals surface area contributed by atoms with E-state index in [0.717, 1.165) is 31.4 Å². The van der Waals surface area contributed by atoms with Gasteiger partial charge in [-0.1, -0.05) is 18.2 Å². The van der Waals surface area contributed by atoms with Gasteiger partial charge in [-0.15, -0.1) is 0 Å². The fourth-order valence-electron chi connectivity index (χ4n) is 4.16. The second kappa shape index (κ2) is 7.36. The minimum Gasteiger partial charge on any atom is -0.490 e. The zero-order valence-corrected chi connectivity index (χ0v) is 15.0. The van der Waals surface area contributed by atoms with Crippen molar-refractivity contribution >= 4 is 5.91 Å². The molecule has 0 aliphatic carbocycles. The summed E-state index contributed by atoms with van der Waals surface area (Å²) in [7, 11) is 0. The van der Waals surface area contributed by atoms with E-state index < -0.39 is 6.10 Å². The molecule has 0 spiro atoms. The van der Waals surface area contributed by atoms with Crippen LogP contribution in [0.1, 0.15) is 32.6 Å². The molecule has 1 amide bonds. The highest BCUT2D eigenvalue weighted by Crippen LogP contribution is 2.38. The monoisotopic (exact) mass is 352 g/mol. The van der Waals surface area contributed by atoms with Crippen LogP contribution in [-0.2, 0) is 4.79 Å². The van der Waals surface area contributed by atoms with Crippen molar-refractivity contribution in [3.8, 4) is 11.5 Å². The van der Waals surface area contributed by atoms with Crippen LogP contribution in [0.15, 0.2) is 54.9 Å². The normalized spacial score (nSPS) is 25.6.